The molecule has 0 unspecified atom stereocenters. The Hall–Kier alpha value is -3.54. The van der Waals surface area contributed by atoms with Gasteiger partial charge in [0.05, 0.1) is 17.3 Å². The zero-order chi connectivity index (χ0) is 25.5. The molecule has 0 radical (unpaired) electrons. The Labute approximate surface area is 220 Å². The molecule has 36 heavy (non-hydrogen) atoms. The van der Waals surface area contributed by atoms with Gasteiger partial charge in [-0.2, -0.15) is 0 Å². The SMILES string of the molecule is CCn1cc(-c2ccc(Cl)cc2Cl)nc1C=Cc1ccc(-c2ccc(OCCCC(=O)O)cc2)cc1. The van der Waals surface area contributed by atoms with Crippen LogP contribution in [-0.4, -0.2) is 27.2 Å². The molecule has 0 aliphatic rings. The molecular weight excluding hydrogens is 495 g/mol. The number of aliphatic carboxylic acids is 1. The van der Waals surface area contributed by atoms with Crippen molar-refractivity contribution in [2.24, 2.45) is 0 Å². The maximum atomic E-state index is 10.6. The fourth-order valence-corrected chi connectivity index (χ4v) is 4.26. The highest BCUT2D eigenvalue weighted by Crippen LogP contribution is 2.30. The van der Waals surface area contributed by atoms with Crippen molar-refractivity contribution in [2.75, 3.05) is 6.61 Å². The van der Waals surface area contributed by atoms with Gasteiger partial charge in [-0.3, -0.25) is 4.79 Å². The summed E-state index contributed by atoms with van der Waals surface area (Å²) in [6, 6.07) is 21.5. The van der Waals surface area contributed by atoms with Crippen molar-refractivity contribution in [2.45, 2.75) is 26.3 Å². The van der Waals surface area contributed by atoms with E-state index in [1.54, 1.807) is 6.07 Å². The van der Waals surface area contributed by atoms with Crippen LogP contribution < -0.4 is 4.74 Å². The summed E-state index contributed by atoms with van der Waals surface area (Å²) in [5, 5.41) is 9.87. The molecule has 0 saturated heterocycles. The lowest BCUT2D eigenvalue weighted by atomic mass is 10.0. The molecule has 1 heterocycles. The summed E-state index contributed by atoms with van der Waals surface area (Å²) in [4.78, 5) is 15.4. The van der Waals surface area contributed by atoms with Gasteiger partial charge in [0.25, 0.3) is 0 Å². The van der Waals surface area contributed by atoms with Gasteiger partial charge in [-0.05, 0) is 66.4 Å². The Bertz CT molecular complexity index is 1360. The maximum absolute atomic E-state index is 10.6. The first kappa shape index (κ1) is 25.5. The third kappa shape index (κ3) is 6.56. The molecule has 0 atom stereocenters. The quantitative estimate of drug-likeness (QED) is 0.215. The summed E-state index contributed by atoms with van der Waals surface area (Å²) < 4.78 is 7.69. The first-order valence-corrected chi connectivity index (χ1v) is 12.4. The number of nitrogens with zero attached hydrogens (tertiary/aromatic N) is 2. The predicted octanol–water partition coefficient (Wildman–Crippen LogP) is 7.96. The minimum atomic E-state index is -0.810. The largest absolute Gasteiger partial charge is 0.494 e. The number of imidazole rings is 1. The van der Waals surface area contributed by atoms with Gasteiger partial charge in [0.1, 0.15) is 11.6 Å². The standard InChI is InChI=1S/C29H26Cl2N2O3/c1-2-33-19-27(25-15-12-23(30)18-26(25)31)32-28(33)16-7-20-5-8-21(9-6-20)22-10-13-24(14-11-22)36-17-3-4-29(34)35/h5-16,18-19H,2-4,17H2,1H3,(H,34,35). The third-order valence-corrected chi connectivity index (χ3v) is 6.23. The van der Waals surface area contributed by atoms with Crippen LogP contribution in [-0.2, 0) is 11.3 Å². The van der Waals surface area contributed by atoms with E-state index in [-0.39, 0.29) is 6.42 Å². The first-order valence-electron chi connectivity index (χ1n) is 11.7. The number of carbonyl (C=O) groups is 1. The number of rotatable bonds is 10. The van der Waals surface area contributed by atoms with E-state index in [0.29, 0.717) is 23.1 Å². The molecule has 5 nitrogen and oxygen atoms in total. The summed E-state index contributed by atoms with van der Waals surface area (Å²) in [6.07, 6.45) is 6.64. The van der Waals surface area contributed by atoms with Crippen molar-refractivity contribution in [3.8, 4) is 28.1 Å². The van der Waals surface area contributed by atoms with E-state index in [4.69, 9.17) is 38.0 Å². The monoisotopic (exact) mass is 520 g/mol. The number of carboxylic acids is 1. The number of aryl methyl sites for hydroxylation is 1. The van der Waals surface area contributed by atoms with Gasteiger partial charge in [-0.25, -0.2) is 4.98 Å². The highest BCUT2D eigenvalue weighted by molar-refractivity contribution is 6.36. The first-order chi connectivity index (χ1) is 17.4. The minimum Gasteiger partial charge on any atom is -0.494 e. The van der Waals surface area contributed by atoms with Crippen LogP contribution in [0.4, 0.5) is 0 Å². The molecule has 0 aliphatic heterocycles. The van der Waals surface area contributed by atoms with Gasteiger partial charge in [-0.15, -0.1) is 0 Å². The smallest absolute Gasteiger partial charge is 0.303 e. The van der Waals surface area contributed by atoms with Crippen LogP contribution in [0, 0.1) is 0 Å². The van der Waals surface area contributed by atoms with Gasteiger partial charge in [-0.1, -0.05) is 65.7 Å². The molecular formula is C29H26Cl2N2O3. The fourth-order valence-electron chi connectivity index (χ4n) is 3.76. The van der Waals surface area contributed by atoms with Gasteiger partial charge >= 0.3 is 5.97 Å². The van der Waals surface area contributed by atoms with Crippen LogP contribution in [0.15, 0.2) is 72.9 Å². The van der Waals surface area contributed by atoms with Crippen molar-refractivity contribution >= 4 is 41.3 Å². The molecule has 4 rings (SSSR count). The zero-order valence-corrected chi connectivity index (χ0v) is 21.3. The zero-order valence-electron chi connectivity index (χ0n) is 19.8. The average Bonchev–Trinajstić information content (AvgIpc) is 3.29. The van der Waals surface area contributed by atoms with Gasteiger partial charge in [0.2, 0.25) is 0 Å². The molecule has 184 valence electrons. The number of hydrogen-bond acceptors (Lipinski definition) is 3. The summed E-state index contributed by atoms with van der Waals surface area (Å²) in [5.74, 6) is 0.770. The lowest BCUT2D eigenvalue weighted by Gasteiger charge is -2.07. The summed E-state index contributed by atoms with van der Waals surface area (Å²) in [6.45, 7) is 3.25. The lowest BCUT2D eigenvalue weighted by molar-refractivity contribution is -0.137. The van der Waals surface area contributed by atoms with E-state index in [2.05, 4.69) is 35.8 Å². The summed E-state index contributed by atoms with van der Waals surface area (Å²) in [5.41, 5.74) is 4.90. The van der Waals surface area contributed by atoms with Crippen LogP contribution >= 0.6 is 23.2 Å². The van der Waals surface area contributed by atoms with Crippen molar-refractivity contribution in [1.82, 2.24) is 9.55 Å². The Morgan fingerprint density at radius 1 is 1.00 bits per heavy atom. The number of ether oxygens (including phenoxy) is 1. The van der Waals surface area contributed by atoms with Crippen LogP contribution in [0.25, 0.3) is 34.5 Å². The third-order valence-electron chi connectivity index (χ3n) is 5.68. The number of benzene rings is 3. The number of aromatic nitrogens is 2. The van der Waals surface area contributed by atoms with Crippen molar-refractivity contribution < 1.29 is 14.6 Å². The maximum Gasteiger partial charge on any atom is 0.303 e. The van der Waals surface area contributed by atoms with Crippen molar-refractivity contribution in [3.05, 3.63) is 94.4 Å². The molecule has 0 amide bonds. The number of halogens is 2. The van der Waals surface area contributed by atoms with Gasteiger partial charge in [0.15, 0.2) is 0 Å². The molecule has 4 aromatic rings. The van der Waals surface area contributed by atoms with Crippen LogP contribution in [0.3, 0.4) is 0 Å². The Morgan fingerprint density at radius 2 is 1.69 bits per heavy atom. The van der Waals surface area contributed by atoms with Crippen LogP contribution in [0.5, 0.6) is 5.75 Å². The number of hydrogen-bond donors (Lipinski definition) is 1. The molecule has 1 N–H and O–H groups in total. The molecule has 3 aromatic carbocycles. The van der Waals surface area contributed by atoms with E-state index in [0.717, 1.165) is 46.1 Å². The van der Waals surface area contributed by atoms with Crippen molar-refractivity contribution in [3.63, 3.8) is 0 Å². The minimum absolute atomic E-state index is 0.108. The summed E-state index contributed by atoms with van der Waals surface area (Å²) in [7, 11) is 0. The molecule has 7 heteroatoms. The average molecular weight is 521 g/mol. The van der Waals surface area contributed by atoms with E-state index >= 15 is 0 Å². The lowest BCUT2D eigenvalue weighted by Crippen LogP contribution is -2.01. The molecule has 1 aromatic heterocycles. The van der Waals surface area contributed by atoms with Gasteiger partial charge in [0, 0.05) is 29.7 Å². The second kappa shape index (κ2) is 11.9. The van der Waals surface area contributed by atoms with E-state index in [1.165, 1.54) is 0 Å². The van der Waals surface area contributed by atoms with Crippen LogP contribution in [0.1, 0.15) is 31.2 Å². The second-order valence-electron chi connectivity index (χ2n) is 8.22. The normalized spacial score (nSPS) is 11.2. The van der Waals surface area contributed by atoms with Crippen LogP contribution in [0.2, 0.25) is 10.0 Å². The van der Waals surface area contributed by atoms with Gasteiger partial charge < -0.3 is 14.4 Å². The predicted molar refractivity (Wildman–Crippen MR) is 147 cm³/mol. The molecule has 0 saturated carbocycles. The Kier molecular flexibility index (Phi) is 8.47. The number of carboxylic acid groups (broad SMARTS) is 1. The Morgan fingerprint density at radius 3 is 2.33 bits per heavy atom. The summed E-state index contributed by atoms with van der Waals surface area (Å²) >= 11 is 12.4. The Balaban J connectivity index is 1.43. The second-order valence-corrected chi connectivity index (χ2v) is 9.06. The molecule has 0 spiro atoms. The van der Waals surface area contributed by atoms with E-state index in [9.17, 15) is 4.79 Å². The highest BCUT2D eigenvalue weighted by Gasteiger charge is 2.10. The topological polar surface area (TPSA) is 64.4 Å². The molecule has 0 bridgehead atoms. The van der Waals surface area contributed by atoms with E-state index < -0.39 is 5.97 Å². The highest BCUT2D eigenvalue weighted by atomic mass is 35.5. The van der Waals surface area contributed by atoms with E-state index in [1.807, 2.05) is 54.7 Å². The molecule has 0 aliphatic carbocycles. The molecule has 0 fully saturated rings. The van der Waals surface area contributed by atoms with Crippen molar-refractivity contribution in [1.29, 1.82) is 0 Å². The fraction of sp³-hybridized carbons (Fsp3) is 0.172.